The second-order valence-corrected chi connectivity index (χ2v) is 3.66. The Kier molecular flexibility index (Phi) is 3.60. The van der Waals surface area contributed by atoms with E-state index in [-0.39, 0.29) is 10.9 Å². The van der Waals surface area contributed by atoms with Gasteiger partial charge in [-0.1, -0.05) is 6.07 Å². The number of rotatable bonds is 3. The summed E-state index contributed by atoms with van der Waals surface area (Å²) in [6.45, 7) is 0. The largest absolute Gasteiger partial charge is 0.479 e. The van der Waals surface area contributed by atoms with Crippen LogP contribution in [0.4, 0.5) is 4.39 Å². The van der Waals surface area contributed by atoms with Gasteiger partial charge in [0.25, 0.3) is 0 Å². The molecular weight excluding hydrogens is 255 g/mol. The summed E-state index contributed by atoms with van der Waals surface area (Å²) in [6.07, 6.45) is -1.49. The molecule has 0 aliphatic carbocycles. The van der Waals surface area contributed by atoms with Gasteiger partial charge in [-0.05, 0) is 33.6 Å². The van der Waals surface area contributed by atoms with E-state index in [1.807, 2.05) is 0 Å². The van der Waals surface area contributed by atoms with Crippen LogP contribution in [0.1, 0.15) is 5.56 Å². The maximum atomic E-state index is 12.8. The second-order valence-electron chi connectivity index (χ2n) is 2.81. The molecule has 0 bridgehead atoms. The molecule has 0 spiro atoms. The van der Waals surface area contributed by atoms with Gasteiger partial charge in [0.05, 0.1) is 4.47 Å². The van der Waals surface area contributed by atoms with Crippen LogP contribution in [-0.2, 0) is 11.2 Å². The number of carboxylic acid groups (broad SMARTS) is 1. The van der Waals surface area contributed by atoms with Crippen molar-refractivity contribution in [3.8, 4) is 0 Å². The minimum atomic E-state index is -1.45. The Morgan fingerprint density at radius 2 is 2.21 bits per heavy atom. The summed E-state index contributed by atoms with van der Waals surface area (Å²) in [6, 6.07) is 4.10. The molecule has 1 atom stereocenters. The van der Waals surface area contributed by atoms with Gasteiger partial charge in [0.2, 0.25) is 0 Å². The van der Waals surface area contributed by atoms with Crippen molar-refractivity contribution < 1.29 is 19.4 Å². The highest BCUT2D eigenvalue weighted by molar-refractivity contribution is 9.10. The lowest BCUT2D eigenvalue weighted by molar-refractivity contribution is -0.146. The summed E-state index contributed by atoms with van der Waals surface area (Å²) in [4.78, 5) is 10.3. The molecule has 1 aromatic rings. The predicted molar refractivity (Wildman–Crippen MR) is 51.4 cm³/mol. The second kappa shape index (κ2) is 4.52. The van der Waals surface area contributed by atoms with Crippen molar-refractivity contribution >= 4 is 21.9 Å². The van der Waals surface area contributed by atoms with Gasteiger partial charge in [0, 0.05) is 6.42 Å². The molecule has 5 heteroatoms. The topological polar surface area (TPSA) is 57.5 Å². The van der Waals surface area contributed by atoms with Crippen LogP contribution >= 0.6 is 15.9 Å². The molecule has 3 nitrogen and oxygen atoms in total. The Morgan fingerprint density at radius 3 is 2.71 bits per heavy atom. The van der Waals surface area contributed by atoms with Crippen molar-refractivity contribution in [3.63, 3.8) is 0 Å². The summed E-state index contributed by atoms with van der Waals surface area (Å²) in [5.74, 6) is -1.70. The molecule has 0 radical (unpaired) electrons. The Balaban J connectivity index is 2.78. The van der Waals surface area contributed by atoms with E-state index in [4.69, 9.17) is 10.2 Å². The molecule has 0 amide bonds. The van der Waals surface area contributed by atoms with Crippen molar-refractivity contribution in [2.75, 3.05) is 0 Å². The van der Waals surface area contributed by atoms with Crippen molar-refractivity contribution in [1.82, 2.24) is 0 Å². The summed E-state index contributed by atoms with van der Waals surface area (Å²) in [5, 5.41) is 17.5. The van der Waals surface area contributed by atoms with E-state index < -0.39 is 17.9 Å². The highest BCUT2D eigenvalue weighted by Crippen LogP contribution is 2.17. The van der Waals surface area contributed by atoms with Gasteiger partial charge in [-0.2, -0.15) is 0 Å². The van der Waals surface area contributed by atoms with Crippen LogP contribution in [0.2, 0.25) is 0 Å². The molecule has 0 aromatic heterocycles. The van der Waals surface area contributed by atoms with Crippen LogP contribution in [0.25, 0.3) is 0 Å². The lowest BCUT2D eigenvalue weighted by Crippen LogP contribution is -2.21. The first-order valence-electron chi connectivity index (χ1n) is 3.85. The fourth-order valence-electron chi connectivity index (χ4n) is 0.977. The van der Waals surface area contributed by atoms with E-state index in [0.717, 1.165) is 0 Å². The van der Waals surface area contributed by atoms with Gasteiger partial charge < -0.3 is 10.2 Å². The monoisotopic (exact) mass is 262 g/mol. The number of benzene rings is 1. The van der Waals surface area contributed by atoms with E-state index in [9.17, 15) is 9.18 Å². The molecular formula is C9H8BrFO3. The summed E-state index contributed by atoms with van der Waals surface area (Å²) in [5.41, 5.74) is 0.563. The van der Waals surface area contributed by atoms with E-state index in [2.05, 4.69) is 15.9 Å². The summed E-state index contributed by atoms with van der Waals surface area (Å²) in [7, 11) is 0. The predicted octanol–water partition coefficient (Wildman–Crippen LogP) is 1.58. The highest BCUT2D eigenvalue weighted by atomic mass is 79.9. The molecule has 2 N–H and O–H groups in total. The first kappa shape index (κ1) is 11.1. The quantitative estimate of drug-likeness (QED) is 0.870. The maximum absolute atomic E-state index is 12.8. The molecule has 0 heterocycles. The molecule has 1 rings (SSSR count). The first-order chi connectivity index (χ1) is 6.50. The van der Waals surface area contributed by atoms with Crippen LogP contribution in [0.3, 0.4) is 0 Å². The maximum Gasteiger partial charge on any atom is 0.332 e. The average molecular weight is 263 g/mol. The van der Waals surface area contributed by atoms with Crippen molar-refractivity contribution in [2.24, 2.45) is 0 Å². The lowest BCUT2D eigenvalue weighted by Gasteiger charge is -2.05. The fraction of sp³-hybridized carbons (Fsp3) is 0.222. The third kappa shape index (κ3) is 2.78. The Hall–Kier alpha value is -0.940. The normalized spacial score (nSPS) is 12.5. The van der Waals surface area contributed by atoms with Crippen molar-refractivity contribution in [3.05, 3.63) is 34.1 Å². The van der Waals surface area contributed by atoms with Crippen LogP contribution in [0.15, 0.2) is 22.7 Å². The minimum absolute atomic E-state index is 0.0335. The number of halogens is 2. The molecule has 14 heavy (non-hydrogen) atoms. The Labute approximate surface area is 88.3 Å². The molecule has 1 unspecified atom stereocenters. The molecule has 0 saturated heterocycles. The molecule has 0 saturated carbocycles. The summed E-state index contributed by atoms with van der Waals surface area (Å²) < 4.78 is 13.0. The van der Waals surface area contributed by atoms with Gasteiger partial charge in [-0.3, -0.25) is 0 Å². The first-order valence-corrected chi connectivity index (χ1v) is 4.65. The Morgan fingerprint density at radius 1 is 1.57 bits per heavy atom. The van der Waals surface area contributed by atoms with E-state index in [1.54, 1.807) is 0 Å². The molecule has 0 fully saturated rings. The SMILES string of the molecule is O=C(O)C(O)Cc1ccc(F)c(Br)c1. The molecule has 76 valence electrons. The van der Waals surface area contributed by atoms with Crippen molar-refractivity contribution in [1.29, 1.82) is 0 Å². The smallest absolute Gasteiger partial charge is 0.332 e. The average Bonchev–Trinajstić information content (AvgIpc) is 2.11. The van der Waals surface area contributed by atoms with Gasteiger partial charge in [-0.25, -0.2) is 9.18 Å². The summed E-state index contributed by atoms with van der Waals surface area (Å²) >= 11 is 2.97. The number of aliphatic carboxylic acids is 1. The molecule has 1 aromatic carbocycles. The third-order valence-electron chi connectivity index (χ3n) is 1.70. The lowest BCUT2D eigenvalue weighted by atomic mass is 10.1. The number of aliphatic hydroxyl groups excluding tert-OH is 1. The number of carboxylic acids is 1. The van der Waals surface area contributed by atoms with Crippen molar-refractivity contribution in [2.45, 2.75) is 12.5 Å². The minimum Gasteiger partial charge on any atom is -0.479 e. The van der Waals surface area contributed by atoms with Crippen LogP contribution in [0, 0.1) is 5.82 Å². The van der Waals surface area contributed by atoms with Gasteiger partial charge in [0.15, 0.2) is 6.10 Å². The number of carbonyl (C=O) groups is 1. The van der Waals surface area contributed by atoms with E-state index in [0.29, 0.717) is 5.56 Å². The van der Waals surface area contributed by atoms with Gasteiger partial charge >= 0.3 is 5.97 Å². The zero-order valence-corrected chi connectivity index (χ0v) is 8.66. The number of hydrogen-bond donors (Lipinski definition) is 2. The standard InChI is InChI=1S/C9H8BrFO3/c10-6-3-5(1-2-7(6)11)4-8(12)9(13)14/h1-3,8,12H,4H2,(H,13,14). The zero-order valence-electron chi connectivity index (χ0n) is 7.08. The highest BCUT2D eigenvalue weighted by Gasteiger charge is 2.14. The Bertz CT molecular complexity index is 354. The van der Waals surface area contributed by atoms with E-state index in [1.165, 1.54) is 18.2 Å². The molecule has 0 aliphatic heterocycles. The van der Waals surface area contributed by atoms with E-state index >= 15 is 0 Å². The molecule has 0 aliphatic rings. The van der Waals surface area contributed by atoms with Crippen LogP contribution in [-0.4, -0.2) is 22.3 Å². The zero-order chi connectivity index (χ0) is 10.7. The number of aliphatic hydroxyl groups is 1. The van der Waals surface area contributed by atoms with Gasteiger partial charge in [0.1, 0.15) is 5.82 Å². The van der Waals surface area contributed by atoms with Crippen LogP contribution < -0.4 is 0 Å². The third-order valence-corrected chi connectivity index (χ3v) is 2.31. The fourth-order valence-corrected chi connectivity index (χ4v) is 1.40. The van der Waals surface area contributed by atoms with Gasteiger partial charge in [-0.15, -0.1) is 0 Å². The number of hydrogen-bond acceptors (Lipinski definition) is 2. The van der Waals surface area contributed by atoms with Crippen LogP contribution in [0.5, 0.6) is 0 Å².